The molecule has 0 bridgehead atoms. The van der Waals surface area contributed by atoms with Crippen LogP contribution in [0.25, 0.3) is 5.65 Å². The number of aromatic nitrogens is 3. The molecule has 2 aromatic rings. The maximum absolute atomic E-state index is 6.03. The Morgan fingerprint density at radius 2 is 1.83 bits per heavy atom. The van der Waals surface area contributed by atoms with Crippen LogP contribution in [0.2, 0.25) is 5.15 Å². The summed E-state index contributed by atoms with van der Waals surface area (Å²) in [6.07, 6.45) is 5.33. The van der Waals surface area contributed by atoms with Gasteiger partial charge in [-0.05, 0) is 0 Å². The van der Waals surface area contributed by atoms with Gasteiger partial charge in [0.15, 0.2) is 5.65 Å². The second kappa shape index (κ2) is 6.43. The molecule has 3 rings (SSSR count). The molecule has 3 heterocycles. The van der Waals surface area contributed by atoms with Crippen LogP contribution in [0.15, 0.2) is 18.6 Å². The molecule has 1 aliphatic rings. The van der Waals surface area contributed by atoms with Crippen molar-refractivity contribution >= 4 is 47.9 Å². The van der Waals surface area contributed by atoms with Crippen LogP contribution in [0.5, 0.6) is 0 Å². The summed E-state index contributed by atoms with van der Waals surface area (Å²) in [7, 11) is 0. The van der Waals surface area contributed by atoms with Crippen LogP contribution < -0.4 is 10.2 Å². The summed E-state index contributed by atoms with van der Waals surface area (Å²) in [5.41, 5.74) is 0.781. The molecule has 0 unspecified atom stereocenters. The molecule has 0 aliphatic carbocycles. The van der Waals surface area contributed by atoms with E-state index < -0.39 is 0 Å². The molecule has 0 atom stereocenters. The number of anilines is 1. The van der Waals surface area contributed by atoms with Gasteiger partial charge in [0.1, 0.15) is 11.0 Å². The van der Waals surface area contributed by atoms with Crippen molar-refractivity contribution in [1.29, 1.82) is 0 Å². The molecule has 1 saturated heterocycles. The van der Waals surface area contributed by atoms with Crippen molar-refractivity contribution in [2.24, 2.45) is 0 Å². The Bertz CT molecular complexity index is 509. The van der Waals surface area contributed by atoms with Gasteiger partial charge in [-0.15, -0.1) is 24.8 Å². The highest BCUT2D eigenvalue weighted by atomic mass is 35.5. The first-order valence-electron chi connectivity index (χ1n) is 5.29. The van der Waals surface area contributed by atoms with Gasteiger partial charge < -0.3 is 10.2 Å². The third-order valence-corrected chi connectivity index (χ3v) is 3.06. The molecule has 0 saturated carbocycles. The second-order valence-corrected chi connectivity index (χ2v) is 4.18. The Morgan fingerprint density at radius 1 is 1.11 bits per heavy atom. The number of nitrogens with one attached hydrogen (secondary N) is 1. The molecule has 0 amide bonds. The van der Waals surface area contributed by atoms with E-state index >= 15 is 0 Å². The predicted molar refractivity (Wildman–Crippen MR) is 77.6 cm³/mol. The van der Waals surface area contributed by atoms with Crippen molar-refractivity contribution in [3.63, 3.8) is 0 Å². The minimum Gasteiger partial charge on any atom is -0.353 e. The minimum absolute atomic E-state index is 0. The maximum Gasteiger partial charge on any atom is 0.156 e. The average molecular weight is 311 g/mol. The summed E-state index contributed by atoms with van der Waals surface area (Å²) in [5.74, 6) is 0.953. The van der Waals surface area contributed by atoms with E-state index in [0.29, 0.717) is 5.15 Å². The predicted octanol–water partition coefficient (Wildman–Crippen LogP) is 1.64. The van der Waals surface area contributed by atoms with E-state index in [2.05, 4.69) is 20.2 Å². The van der Waals surface area contributed by atoms with Crippen LogP contribution in [0.1, 0.15) is 0 Å². The first-order valence-corrected chi connectivity index (χ1v) is 5.67. The fraction of sp³-hybridized carbons (Fsp3) is 0.400. The van der Waals surface area contributed by atoms with E-state index in [0.717, 1.165) is 37.6 Å². The normalized spacial score (nSPS) is 15.1. The van der Waals surface area contributed by atoms with E-state index in [9.17, 15) is 0 Å². The molecular formula is C10H14Cl3N5. The lowest BCUT2D eigenvalue weighted by atomic mass is 10.3. The van der Waals surface area contributed by atoms with E-state index in [4.69, 9.17) is 11.6 Å². The summed E-state index contributed by atoms with van der Waals surface area (Å²) >= 11 is 6.03. The number of piperazine rings is 1. The number of rotatable bonds is 1. The van der Waals surface area contributed by atoms with Crippen molar-refractivity contribution < 1.29 is 0 Å². The van der Waals surface area contributed by atoms with Crippen molar-refractivity contribution in [3.05, 3.63) is 23.7 Å². The highest BCUT2D eigenvalue weighted by Crippen LogP contribution is 2.16. The van der Waals surface area contributed by atoms with Crippen LogP contribution in [0.4, 0.5) is 5.82 Å². The SMILES string of the molecule is Cl.Cl.Clc1cnc2cnc(N3CCNCC3)cn12. The zero-order valence-corrected chi connectivity index (χ0v) is 11.9. The van der Waals surface area contributed by atoms with Crippen LogP contribution in [-0.2, 0) is 0 Å². The van der Waals surface area contributed by atoms with Gasteiger partial charge in [0.05, 0.1) is 18.6 Å². The summed E-state index contributed by atoms with van der Waals surface area (Å²) < 4.78 is 1.85. The smallest absolute Gasteiger partial charge is 0.156 e. The number of imidazole rings is 1. The first-order chi connectivity index (χ1) is 7.84. The van der Waals surface area contributed by atoms with Gasteiger partial charge in [0, 0.05) is 26.2 Å². The first kappa shape index (κ1) is 15.3. The van der Waals surface area contributed by atoms with Crippen molar-refractivity contribution in [1.82, 2.24) is 19.7 Å². The van der Waals surface area contributed by atoms with E-state index in [-0.39, 0.29) is 24.8 Å². The fourth-order valence-electron chi connectivity index (χ4n) is 1.91. The zero-order valence-electron chi connectivity index (χ0n) is 9.54. The monoisotopic (exact) mass is 309 g/mol. The van der Waals surface area contributed by atoms with Gasteiger partial charge >= 0.3 is 0 Å². The number of halogens is 3. The largest absolute Gasteiger partial charge is 0.353 e. The van der Waals surface area contributed by atoms with Crippen LogP contribution in [-0.4, -0.2) is 40.5 Å². The number of nitrogens with zero attached hydrogens (tertiary/aromatic N) is 4. The Hall–Kier alpha value is -0.750. The van der Waals surface area contributed by atoms with Gasteiger partial charge in [0.2, 0.25) is 0 Å². The Morgan fingerprint density at radius 3 is 2.56 bits per heavy atom. The molecule has 0 aromatic carbocycles. The Kier molecular flexibility index (Phi) is 5.47. The molecule has 1 aliphatic heterocycles. The number of fused-ring (bicyclic) bond motifs is 1. The van der Waals surface area contributed by atoms with E-state index in [1.54, 1.807) is 12.4 Å². The van der Waals surface area contributed by atoms with Crippen LogP contribution in [0, 0.1) is 0 Å². The van der Waals surface area contributed by atoms with Gasteiger partial charge in [0.25, 0.3) is 0 Å². The molecule has 100 valence electrons. The quantitative estimate of drug-likeness (QED) is 0.870. The average Bonchev–Trinajstić information content (AvgIpc) is 2.72. The lowest BCUT2D eigenvalue weighted by Gasteiger charge is -2.28. The van der Waals surface area contributed by atoms with Gasteiger partial charge in [-0.3, -0.25) is 4.40 Å². The summed E-state index contributed by atoms with van der Waals surface area (Å²) in [5, 5.41) is 3.93. The van der Waals surface area contributed by atoms with E-state index in [1.165, 1.54) is 0 Å². The maximum atomic E-state index is 6.03. The van der Waals surface area contributed by atoms with Crippen molar-refractivity contribution in [3.8, 4) is 0 Å². The lowest BCUT2D eigenvalue weighted by molar-refractivity contribution is 0.584. The standard InChI is InChI=1S/C10H12ClN5.2ClH/c11-8-5-13-9-6-14-10(7-16(8)9)15-3-1-12-2-4-15;;/h5-7,12H,1-4H2;2*1H. The molecule has 1 fully saturated rings. The third-order valence-electron chi connectivity index (χ3n) is 2.78. The topological polar surface area (TPSA) is 45.5 Å². The molecule has 8 heteroatoms. The third kappa shape index (κ3) is 2.80. The Labute approximate surface area is 122 Å². The van der Waals surface area contributed by atoms with Gasteiger partial charge in [-0.25, -0.2) is 9.97 Å². The Balaban J connectivity index is 0.000000810. The zero-order chi connectivity index (χ0) is 11.0. The highest BCUT2D eigenvalue weighted by Gasteiger charge is 2.12. The number of hydrogen-bond donors (Lipinski definition) is 1. The molecule has 5 nitrogen and oxygen atoms in total. The molecule has 2 aromatic heterocycles. The summed E-state index contributed by atoms with van der Waals surface area (Å²) in [6.45, 7) is 3.95. The highest BCUT2D eigenvalue weighted by molar-refractivity contribution is 6.29. The lowest BCUT2D eigenvalue weighted by Crippen LogP contribution is -2.43. The fourth-order valence-corrected chi connectivity index (χ4v) is 2.09. The molecule has 0 radical (unpaired) electrons. The molecule has 0 spiro atoms. The number of hydrogen-bond acceptors (Lipinski definition) is 4. The van der Waals surface area contributed by atoms with Gasteiger partial charge in [-0.2, -0.15) is 0 Å². The van der Waals surface area contributed by atoms with Crippen LogP contribution >= 0.6 is 36.4 Å². The van der Waals surface area contributed by atoms with Crippen molar-refractivity contribution in [2.75, 3.05) is 31.1 Å². The molecule has 1 N–H and O–H groups in total. The summed E-state index contributed by atoms with van der Waals surface area (Å²) in [6, 6.07) is 0. The summed E-state index contributed by atoms with van der Waals surface area (Å²) in [4.78, 5) is 10.8. The van der Waals surface area contributed by atoms with Crippen molar-refractivity contribution in [2.45, 2.75) is 0 Å². The van der Waals surface area contributed by atoms with E-state index in [1.807, 2.05) is 10.6 Å². The van der Waals surface area contributed by atoms with Crippen LogP contribution in [0.3, 0.4) is 0 Å². The second-order valence-electron chi connectivity index (χ2n) is 3.79. The molecule has 18 heavy (non-hydrogen) atoms. The van der Waals surface area contributed by atoms with Gasteiger partial charge in [-0.1, -0.05) is 11.6 Å². The molecular weight excluding hydrogens is 297 g/mol. The minimum atomic E-state index is 0.